The molecule has 0 bridgehead atoms. The van der Waals surface area contributed by atoms with Gasteiger partial charge in [0.2, 0.25) is 5.96 Å². The monoisotopic (exact) mass is 375 g/mol. The Morgan fingerprint density at radius 2 is 1.27 bits per heavy atom. The van der Waals surface area contributed by atoms with Gasteiger partial charge in [0.25, 0.3) is 0 Å². The Morgan fingerprint density at radius 1 is 0.885 bits per heavy atom. The number of aliphatic imine (C=N–C) groups is 1. The van der Waals surface area contributed by atoms with Crippen LogP contribution in [0.4, 0.5) is 9.59 Å². The zero-order valence-electron chi connectivity index (χ0n) is 15.6. The van der Waals surface area contributed by atoms with Gasteiger partial charge in [0.1, 0.15) is 11.2 Å². The van der Waals surface area contributed by atoms with Gasteiger partial charge < -0.3 is 19.7 Å². The summed E-state index contributed by atoms with van der Waals surface area (Å²) in [6, 6.07) is -1.74. The molecule has 0 saturated heterocycles. The third-order valence-corrected chi connectivity index (χ3v) is 2.18. The van der Waals surface area contributed by atoms with Gasteiger partial charge in [0.05, 0.1) is 6.42 Å². The van der Waals surface area contributed by atoms with Crippen LogP contribution in [0.25, 0.3) is 0 Å². The van der Waals surface area contributed by atoms with Gasteiger partial charge in [-0.25, -0.2) is 19.4 Å². The number of amides is 2. The Labute approximate surface area is 150 Å². The van der Waals surface area contributed by atoms with Crippen LogP contribution in [0.1, 0.15) is 48.0 Å². The summed E-state index contributed by atoms with van der Waals surface area (Å²) in [6.45, 7) is 9.55. The molecule has 0 aliphatic carbocycles. The van der Waals surface area contributed by atoms with E-state index in [4.69, 9.17) is 19.7 Å². The first kappa shape index (κ1) is 23.1. The topological polar surface area (TPSA) is 164 Å². The number of carboxylic acids is 2. The van der Waals surface area contributed by atoms with Crippen LogP contribution in [0.3, 0.4) is 0 Å². The van der Waals surface area contributed by atoms with Crippen LogP contribution in [0, 0.1) is 0 Å². The molecule has 148 valence electrons. The zero-order valence-corrected chi connectivity index (χ0v) is 15.6. The molecule has 11 nitrogen and oxygen atoms in total. The number of ether oxygens (including phenoxy) is 2. The van der Waals surface area contributed by atoms with Crippen molar-refractivity contribution in [1.29, 1.82) is 0 Å². The van der Waals surface area contributed by atoms with E-state index >= 15 is 0 Å². The minimum Gasteiger partial charge on any atom is -0.481 e. The van der Waals surface area contributed by atoms with Crippen LogP contribution in [0.5, 0.6) is 0 Å². The Balaban J connectivity index is 5.46. The number of alkyl carbamates (subject to hydrolysis) is 2. The van der Waals surface area contributed by atoms with E-state index in [-0.39, 0.29) is 0 Å². The fourth-order valence-corrected chi connectivity index (χ4v) is 1.41. The number of hydrogen-bond donors (Lipinski definition) is 4. The number of aliphatic carboxylic acids is 2. The first-order valence-electron chi connectivity index (χ1n) is 7.61. The predicted octanol–water partition coefficient (Wildman–Crippen LogP) is 1.32. The van der Waals surface area contributed by atoms with Crippen LogP contribution in [0.15, 0.2) is 4.99 Å². The molecule has 0 aliphatic heterocycles. The summed E-state index contributed by atoms with van der Waals surface area (Å²) in [5.74, 6) is -3.58. The standard InChI is InChI=1S/C15H25N3O8/c1-14(2,3)25-12(23)17-11(18-13(24)26-15(4,5)6)16-8(10(21)22)7-9(19)20/h8H,7H2,1-6H3,(H,19,20)(H,21,22)(H2,16,17,18,23,24)/t8-/m0/s1. The van der Waals surface area contributed by atoms with Crippen molar-refractivity contribution in [2.45, 2.75) is 65.2 Å². The molecule has 0 rings (SSSR count). The minimum atomic E-state index is -1.74. The molecule has 0 aromatic heterocycles. The summed E-state index contributed by atoms with van der Waals surface area (Å²) < 4.78 is 9.97. The van der Waals surface area contributed by atoms with Crippen molar-refractivity contribution in [2.75, 3.05) is 0 Å². The van der Waals surface area contributed by atoms with Crippen molar-refractivity contribution in [1.82, 2.24) is 10.6 Å². The lowest BCUT2D eigenvalue weighted by Crippen LogP contribution is -2.48. The Kier molecular flexibility index (Phi) is 8.03. The highest BCUT2D eigenvalue weighted by Crippen LogP contribution is 2.08. The van der Waals surface area contributed by atoms with Crippen molar-refractivity contribution in [3.05, 3.63) is 0 Å². The zero-order chi connectivity index (χ0) is 20.7. The third kappa shape index (κ3) is 11.6. The van der Waals surface area contributed by atoms with E-state index in [1.807, 2.05) is 0 Å². The molecular weight excluding hydrogens is 350 g/mol. The molecule has 26 heavy (non-hydrogen) atoms. The number of carboxylic acid groups (broad SMARTS) is 2. The van der Waals surface area contributed by atoms with Crippen molar-refractivity contribution < 1.29 is 38.9 Å². The number of carbonyl (C=O) groups excluding carboxylic acids is 2. The van der Waals surface area contributed by atoms with E-state index in [0.717, 1.165) is 0 Å². The van der Waals surface area contributed by atoms with Crippen molar-refractivity contribution in [2.24, 2.45) is 4.99 Å². The number of carbonyl (C=O) groups is 4. The van der Waals surface area contributed by atoms with Crippen molar-refractivity contribution >= 4 is 30.1 Å². The highest BCUT2D eigenvalue weighted by Gasteiger charge is 2.25. The summed E-state index contributed by atoms with van der Waals surface area (Å²) >= 11 is 0. The maximum atomic E-state index is 11.8. The SMILES string of the molecule is CC(C)(C)OC(=O)NC(=N[C@@H](CC(=O)O)C(=O)O)NC(=O)OC(C)(C)C. The number of nitrogens with zero attached hydrogens (tertiary/aromatic N) is 1. The van der Waals surface area contributed by atoms with E-state index in [9.17, 15) is 19.2 Å². The molecule has 1 atom stereocenters. The highest BCUT2D eigenvalue weighted by atomic mass is 16.6. The summed E-state index contributed by atoms with van der Waals surface area (Å²) in [5.41, 5.74) is -1.73. The van der Waals surface area contributed by atoms with Gasteiger partial charge in [-0.15, -0.1) is 0 Å². The van der Waals surface area contributed by atoms with Gasteiger partial charge in [-0.1, -0.05) is 0 Å². The summed E-state index contributed by atoms with van der Waals surface area (Å²) in [7, 11) is 0. The van der Waals surface area contributed by atoms with Gasteiger partial charge in [0, 0.05) is 0 Å². The first-order chi connectivity index (χ1) is 11.6. The van der Waals surface area contributed by atoms with Gasteiger partial charge in [-0.2, -0.15) is 0 Å². The normalized spacial score (nSPS) is 12.4. The molecule has 0 radical (unpaired) electrons. The van der Waals surface area contributed by atoms with Crippen LogP contribution >= 0.6 is 0 Å². The first-order valence-corrected chi connectivity index (χ1v) is 7.61. The average Bonchev–Trinajstić information content (AvgIpc) is 2.31. The lowest BCUT2D eigenvalue weighted by Gasteiger charge is -2.22. The molecule has 0 aliphatic rings. The summed E-state index contributed by atoms with van der Waals surface area (Å²) in [5, 5.41) is 22.0. The largest absolute Gasteiger partial charge is 0.481 e. The maximum Gasteiger partial charge on any atom is 0.414 e. The van der Waals surface area contributed by atoms with E-state index in [2.05, 4.69) is 15.6 Å². The number of nitrogens with one attached hydrogen (secondary N) is 2. The molecule has 0 aromatic carbocycles. The smallest absolute Gasteiger partial charge is 0.414 e. The van der Waals surface area contributed by atoms with E-state index in [0.29, 0.717) is 0 Å². The van der Waals surface area contributed by atoms with Gasteiger partial charge in [-0.3, -0.25) is 15.4 Å². The van der Waals surface area contributed by atoms with Gasteiger partial charge in [0.15, 0.2) is 6.04 Å². The second kappa shape index (κ2) is 9.02. The van der Waals surface area contributed by atoms with E-state index < -0.39 is 53.7 Å². The summed E-state index contributed by atoms with van der Waals surface area (Å²) in [4.78, 5) is 49.1. The molecule has 0 fully saturated rings. The number of rotatable bonds is 4. The molecule has 0 aromatic rings. The lowest BCUT2D eigenvalue weighted by molar-refractivity contribution is -0.144. The molecule has 0 unspecified atom stereocenters. The third-order valence-electron chi connectivity index (χ3n) is 2.18. The molecular formula is C15H25N3O8. The van der Waals surface area contributed by atoms with Crippen LogP contribution < -0.4 is 10.6 Å². The van der Waals surface area contributed by atoms with Crippen LogP contribution in [0.2, 0.25) is 0 Å². The lowest BCUT2D eigenvalue weighted by atomic mass is 10.2. The quantitative estimate of drug-likeness (QED) is 0.422. The Morgan fingerprint density at radius 3 is 1.54 bits per heavy atom. The Hall–Kier alpha value is -2.85. The second-order valence-corrected chi connectivity index (χ2v) is 7.18. The molecule has 2 amide bonds. The van der Waals surface area contributed by atoms with E-state index in [1.165, 1.54) is 0 Å². The van der Waals surface area contributed by atoms with Gasteiger partial charge >= 0.3 is 24.1 Å². The molecule has 0 heterocycles. The number of hydrogen-bond acceptors (Lipinski definition) is 7. The van der Waals surface area contributed by atoms with Crippen molar-refractivity contribution in [3.63, 3.8) is 0 Å². The maximum absolute atomic E-state index is 11.8. The number of guanidine groups is 1. The van der Waals surface area contributed by atoms with Crippen LogP contribution in [-0.2, 0) is 19.1 Å². The van der Waals surface area contributed by atoms with Gasteiger partial charge in [-0.05, 0) is 41.5 Å². The molecule has 4 N–H and O–H groups in total. The Bertz CT molecular complexity index is 555. The molecule has 0 saturated carbocycles. The summed E-state index contributed by atoms with van der Waals surface area (Å²) in [6.07, 6.45) is -2.90. The minimum absolute atomic E-state index is 0.609. The van der Waals surface area contributed by atoms with E-state index in [1.54, 1.807) is 41.5 Å². The van der Waals surface area contributed by atoms with Crippen molar-refractivity contribution in [3.8, 4) is 0 Å². The average molecular weight is 375 g/mol. The molecule has 0 spiro atoms. The molecule has 11 heteroatoms. The second-order valence-electron chi connectivity index (χ2n) is 7.18. The predicted molar refractivity (Wildman–Crippen MR) is 89.9 cm³/mol. The van der Waals surface area contributed by atoms with Crippen LogP contribution in [-0.4, -0.2) is 57.5 Å². The fraction of sp³-hybridized carbons (Fsp3) is 0.667. The fourth-order valence-electron chi connectivity index (χ4n) is 1.41. The highest BCUT2D eigenvalue weighted by molar-refractivity contribution is 6.02.